The summed E-state index contributed by atoms with van der Waals surface area (Å²) in [5.41, 5.74) is 0.469. The third-order valence-electron chi connectivity index (χ3n) is 2.00. The van der Waals surface area contributed by atoms with Gasteiger partial charge in [0.15, 0.2) is 0 Å². The van der Waals surface area contributed by atoms with Gasteiger partial charge in [-0.3, -0.25) is 15.2 Å². The van der Waals surface area contributed by atoms with Gasteiger partial charge in [-0.15, -0.1) is 5.10 Å². The standard InChI is InChI=1S/C10H8BrClN4O/c1-5-13-10(16-15-5)14-9(17)7-3-2-6(12)4-8(7)11/h2-4H,1H3,(H2,13,14,15,16,17). The molecule has 0 aliphatic heterocycles. The number of amides is 1. The Balaban J connectivity index is 2.20. The molecule has 1 aromatic heterocycles. The fraction of sp³-hybridized carbons (Fsp3) is 0.100. The van der Waals surface area contributed by atoms with Crippen LogP contribution in [0.2, 0.25) is 5.02 Å². The molecule has 0 fully saturated rings. The number of hydrogen-bond donors (Lipinski definition) is 2. The quantitative estimate of drug-likeness (QED) is 0.895. The van der Waals surface area contributed by atoms with Crippen LogP contribution in [0.25, 0.3) is 0 Å². The van der Waals surface area contributed by atoms with Gasteiger partial charge < -0.3 is 0 Å². The van der Waals surface area contributed by atoms with E-state index in [4.69, 9.17) is 11.6 Å². The topological polar surface area (TPSA) is 70.7 Å². The molecule has 1 heterocycles. The van der Waals surface area contributed by atoms with Crippen LogP contribution in [0, 0.1) is 6.92 Å². The molecule has 0 radical (unpaired) electrons. The molecule has 88 valence electrons. The van der Waals surface area contributed by atoms with Crippen LogP contribution < -0.4 is 5.32 Å². The van der Waals surface area contributed by atoms with Crippen molar-refractivity contribution in [2.24, 2.45) is 0 Å². The van der Waals surface area contributed by atoms with Crippen molar-refractivity contribution in [1.82, 2.24) is 15.2 Å². The van der Waals surface area contributed by atoms with Gasteiger partial charge in [-0.05, 0) is 41.1 Å². The highest BCUT2D eigenvalue weighted by Gasteiger charge is 2.12. The van der Waals surface area contributed by atoms with E-state index in [1.165, 1.54) is 0 Å². The lowest BCUT2D eigenvalue weighted by molar-refractivity contribution is 0.102. The van der Waals surface area contributed by atoms with E-state index < -0.39 is 0 Å². The van der Waals surface area contributed by atoms with Crippen molar-refractivity contribution in [3.05, 3.63) is 39.1 Å². The van der Waals surface area contributed by atoms with Crippen molar-refractivity contribution in [3.63, 3.8) is 0 Å². The molecule has 0 bridgehead atoms. The Labute approximate surface area is 111 Å². The molecule has 0 unspecified atom stereocenters. The van der Waals surface area contributed by atoms with Gasteiger partial charge in [-0.2, -0.15) is 4.98 Å². The molecule has 17 heavy (non-hydrogen) atoms. The van der Waals surface area contributed by atoms with E-state index in [-0.39, 0.29) is 11.9 Å². The van der Waals surface area contributed by atoms with E-state index in [1.807, 2.05) is 0 Å². The monoisotopic (exact) mass is 314 g/mol. The number of carbonyl (C=O) groups excluding carboxylic acids is 1. The summed E-state index contributed by atoms with van der Waals surface area (Å²) in [5.74, 6) is 0.581. The summed E-state index contributed by atoms with van der Waals surface area (Å²) in [5, 5.41) is 9.59. The first-order chi connectivity index (χ1) is 8.06. The number of anilines is 1. The minimum absolute atomic E-state index is 0.245. The van der Waals surface area contributed by atoms with Gasteiger partial charge in [0.25, 0.3) is 5.91 Å². The summed E-state index contributed by atoms with van der Waals surface area (Å²) in [6.07, 6.45) is 0. The second-order valence-corrected chi connectivity index (χ2v) is 4.61. The van der Waals surface area contributed by atoms with Crippen molar-refractivity contribution in [2.75, 3.05) is 5.32 Å². The number of nitrogens with zero attached hydrogens (tertiary/aromatic N) is 2. The van der Waals surface area contributed by atoms with E-state index >= 15 is 0 Å². The molecule has 2 rings (SSSR count). The maximum Gasteiger partial charge on any atom is 0.259 e. The number of rotatable bonds is 2. The molecular formula is C10H8BrClN4O. The average Bonchev–Trinajstić information content (AvgIpc) is 2.63. The van der Waals surface area contributed by atoms with Crippen LogP contribution in [0.5, 0.6) is 0 Å². The van der Waals surface area contributed by atoms with E-state index in [1.54, 1.807) is 25.1 Å². The Kier molecular flexibility index (Phi) is 3.44. The highest BCUT2D eigenvalue weighted by Crippen LogP contribution is 2.22. The van der Waals surface area contributed by atoms with E-state index in [0.29, 0.717) is 20.9 Å². The van der Waals surface area contributed by atoms with E-state index in [0.717, 1.165) is 0 Å². The number of aromatic amines is 1. The first-order valence-electron chi connectivity index (χ1n) is 4.71. The van der Waals surface area contributed by atoms with E-state index in [2.05, 4.69) is 36.4 Å². The van der Waals surface area contributed by atoms with Crippen LogP contribution in [0.4, 0.5) is 5.95 Å². The lowest BCUT2D eigenvalue weighted by Gasteiger charge is -2.03. The van der Waals surface area contributed by atoms with Gasteiger partial charge >= 0.3 is 0 Å². The zero-order valence-corrected chi connectivity index (χ0v) is 11.1. The van der Waals surface area contributed by atoms with Crippen molar-refractivity contribution in [1.29, 1.82) is 0 Å². The maximum absolute atomic E-state index is 11.9. The summed E-state index contributed by atoms with van der Waals surface area (Å²) >= 11 is 9.07. The fourth-order valence-electron chi connectivity index (χ4n) is 1.24. The summed E-state index contributed by atoms with van der Waals surface area (Å²) in [6.45, 7) is 1.75. The number of nitrogens with one attached hydrogen (secondary N) is 2. The normalized spacial score (nSPS) is 10.3. The fourth-order valence-corrected chi connectivity index (χ4v) is 2.10. The molecule has 0 saturated heterocycles. The molecule has 2 aromatic rings. The minimum atomic E-state index is -0.299. The van der Waals surface area contributed by atoms with Gasteiger partial charge in [0.05, 0.1) is 5.56 Å². The summed E-state index contributed by atoms with van der Waals surface area (Å²) in [7, 11) is 0. The highest BCUT2D eigenvalue weighted by atomic mass is 79.9. The number of aromatic nitrogens is 3. The molecule has 0 aliphatic carbocycles. The van der Waals surface area contributed by atoms with Crippen LogP contribution in [0.15, 0.2) is 22.7 Å². The van der Waals surface area contributed by atoms with Crippen molar-refractivity contribution >= 4 is 39.4 Å². The second-order valence-electron chi connectivity index (χ2n) is 3.32. The molecule has 5 nitrogen and oxygen atoms in total. The lowest BCUT2D eigenvalue weighted by atomic mass is 10.2. The van der Waals surface area contributed by atoms with Crippen molar-refractivity contribution < 1.29 is 4.79 Å². The van der Waals surface area contributed by atoms with Gasteiger partial charge in [0, 0.05) is 9.50 Å². The Hall–Kier alpha value is -1.40. The van der Waals surface area contributed by atoms with Crippen LogP contribution in [0.1, 0.15) is 16.2 Å². The SMILES string of the molecule is Cc1nc(NC(=O)c2ccc(Cl)cc2Br)n[nH]1. The molecule has 7 heteroatoms. The van der Waals surface area contributed by atoms with Crippen LogP contribution in [-0.4, -0.2) is 21.1 Å². The minimum Gasteiger partial charge on any atom is -0.289 e. The Morgan fingerprint density at radius 2 is 2.29 bits per heavy atom. The predicted molar refractivity (Wildman–Crippen MR) is 68.2 cm³/mol. The maximum atomic E-state index is 11.9. The molecule has 1 aromatic carbocycles. The second kappa shape index (κ2) is 4.85. The van der Waals surface area contributed by atoms with Gasteiger partial charge in [-0.1, -0.05) is 11.6 Å². The number of aryl methyl sites for hydroxylation is 1. The molecule has 1 amide bonds. The van der Waals surface area contributed by atoms with Crippen molar-refractivity contribution in [3.8, 4) is 0 Å². The number of benzene rings is 1. The van der Waals surface area contributed by atoms with Crippen LogP contribution in [-0.2, 0) is 0 Å². The molecule has 0 spiro atoms. The summed E-state index contributed by atoms with van der Waals surface area (Å²) in [4.78, 5) is 15.9. The third kappa shape index (κ3) is 2.83. The van der Waals surface area contributed by atoms with Gasteiger partial charge in [0.2, 0.25) is 5.95 Å². The first-order valence-corrected chi connectivity index (χ1v) is 5.89. The van der Waals surface area contributed by atoms with Gasteiger partial charge in [0.1, 0.15) is 5.82 Å². The molecular weight excluding hydrogens is 307 g/mol. The Morgan fingerprint density at radius 3 is 2.88 bits per heavy atom. The number of carbonyl (C=O) groups is 1. The summed E-state index contributed by atoms with van der Waals surface area (Å²) in [6, 6.07) is 4.92. The predicted octanol–water partition coefficient (Wildman–Crippen LogP) is 2.78. The van der Waals surface area contributed by atoms with Crippen LogP contribution in [0.3, 0.4) is 0 Å². The first kappa shape index (κ1) is 12.1. The molecule has 0 aliphatic rings. The van der Waals surface area contributed by atoms with Crippen molar-refractivity contribution in [2.45, 2.75) is 6.92 Å². The number of hydrogen-bond acceptors (Lipinski definition) is 3. The smallest absolute Gasteiger partial charge is 0.259 e. The Morgan fingerprint density at radius 1 is 1.53 bits per heavy atom. The third-order valence-corrected chi connectivity index (χ3v) is 2.89. The number of halogens is 2. The number of H-pyrrole nitrogens is 1. The summed E-state index contributed by atoms with van der Waals surface area (Å²) < 4.78 is 0.620. The zero-order valence-electron chi connectivity index (χ0n) is 8.79. The highest BCUT2D eigenvalue weighted by molar-refractivity contribution is 9.10. The Bertz CT molecular complexity index is 569. The largest absolute Gasteiger partial charge is 0.289 e. The molecule has 0 saturated carbocycles. The van der Waals surface area contributed by atoms with Gasteiger partial charge in [-0.25, -0.2) is 0 Å². The zero-order chi connectivity index (χ0) is 12.4. The van der Waals surface area contributed by atoms with Crippen LogP contribution >= 0.6 is 27.5 Å². The molecule has 0 atom stereocenters. The average molecular weight is 316 g/mol. The molecule has 2 N–H and O–H groups in total. The van der Waals surface area contributed by atoms with E-state index in [9.17, 15) is 4.79 Å². The lowest BCUT2D eigenvalue weighted by Crippen LogP contribution is -2.13.